The Kier molecular flexibility index (Phi) is 9.23. The Morgan fingerprint density at radius 1 is 1.17 bits per heavy atom. The Balaban J connectivity index is 1.74. The number of halogens is 1. The van der Waals surface area contributed by atoms with Gasteiger partial charge in [0.1, 0.15) is 17.3 Å². The number of rotatable bonds is 10. The zero-order valence-corrected chi connectivity index (χ0v) is 17.7. The third-order valence-electron chi connectivity index (χ3n) is 4.05. The number of alkyl carbamates (subject to hydrolysis) is 1. The second-order valence-electron chi connectivity index (χ2n) is 6.48. The lowest BCUT2D eigenvalue weighted by atomic mass is 10.1. The molecule has 0 aliphatic carbocycles. The lowest BCUT2D eigenvalue weighted by Crippen LogP contribution is -2.47. The van der Waals surface area contributed by atoms with Crippen LogP contribution in [0.3, 0.4) is 0 Å². The molecule has 0 aliphatic heterocycles. The molecule has 1 aromatic carbocycles. The summed E-state index contributed by atoms with van der Waals surface area (Å²) < 4.78 is 5.57. The number of ether oxygens (including phenoxy) is 1. The normalized spacial score (nSPS) is 12.5. The highest BCUT2D eigenvalue weighted by molar-refractivity contribution is 9.10. The zero-order valence-electron chi connectivity index (χ0n) is 16.1. The molecular weight excluding hydrogens is 456 g/mol. The molecule has 0 saturated heterocycles. The van der Waals surface area contributed by atoms with Gasteiger partial charge in [0, 0.05) is 19.2 Å². The van der Waals surface area contributed by atoms with Crippen LogP contribution in [0, 0.1) is 0 Å². The summed E-state index contributed by atoms with van der Waals surface area (Å²) in [7, 11) is 0. The molecule has 10 heteroatoms. The van der Waals surface area contributed by atoms with Crippen molar-refractivity contribution in [3.05, 3.63) is 64.4 Å². The molecule has 3 amide bonds. The summed E-state index contributed by atoms with van der Waals surface area (Å²) in [4.78, 5) is 39.6. The number of amides is 3. The van der Waals surface area contributed by atoms with E-state index in [1.807, 2.05) is 30.3 Å². The molecule has 0 saturated carbocycles. The maximum absolute atomic E-state index is 12.1. The van der Waals surface area contributed by atoms with E-state index in [0.717, 1.165) is 5.56 Å². The molecule has 1 heterocycles. The number of nitrogens with one attached hydrogen (secondary N) is 2. The number of hydrogen-bond acceptors (Lipinski definition) is 6. The first kappa shape index (κ1) is 23.3. The number of primary amides is 1. The molecule has 160 valence electrons. The third-order valence-corrected chi connectivity index (χ3v) is 4.77. The standard InChI is InChI=1S/C20H23BrN4O5/c21-18-14(7-4-8-23-18)9-16(19(22)28)25-17(27)10-15(26)11-24-20(29)30-12-13-5-2-1-3-6-13/h1-8,15-16,26H,9-12H2,(H2,22,28)(H,24,29)(H,25,27)/t15-,16+/m0/s1. The predicted octanol–water partition coefficient (Wildman–Crippen LogP) is 1.03. The smallest absolute Gasteiger partial charge is 0.407 e. The van der Waals surface area contributed by atoms with E-state index in [-0.39, 0.29) is 26.0 Å². The first-order valence-electron chi connectivity index (χ1n) is 9.16. The Bertz CT molecular complexity index is 865. The Morgan fingerprint density at radius 2 is 1.90 bits per heavy atom. The lowest BCUT2D eigenvalue weighted by Gasteiger charge is -2.18. The van der Waals surface area contributed by atoms with Gasteiger partial charge in [0.05, 0.1) is 12.5 Å². The highest BCUT2D eigenvalue weighted by Gasteiger charge is 2.21. The van der Waals surface area contributed by atoms with Crippen molar-refractivity contribution in [3.8, 4) is 0 Å². The van der Waals surface area contributed by atoms with Gasteiger partial charge < -0.3 is 26.2 Å². The molecule has 2 atom stereocenters. The largest absolute Gasteiger partial charge is 0.445 e. The summed E-state index contributed by atoms with van der Waals surface area (Å²) in [5.41, 5.74) is 6.89. The number of aromatic nitrogens is 1. The van der Waals surface area contributed by atoms with Crippen molar-refractivity contribution in [2.45, 2.75) is 31.6 Å². The third kappa shape index (κ3) is 8.18. The van der Waals surface area contributed by atoms with Crippen molar-refractivity contribution < 1.29 is 24.2 Å². The summed E-state index contributed by atoms with van der Waals surface area (Å²) in [5.74, 6) is -1.29. The Hall–Kier alpha value is -2.98. The van der Waals surface area contributed by atoms with Crippen LogP contribution in [0.4, 0.5) is 4.79 Å². The molecule has 0 bridgehead atoms. The summed E-state index contributed by atoms with van der Waals surface area (Å²) in [6, 6.07) is 11.6. The second-order valence-corrected chi connectivity index (χ2v) is 7.23. The number of benzene rings is 1. The van der Waals surface area contributed by atoms with E-state index < -0.39 is 30.1 Å². The lowest BCUT2D eigenvalue weighted by molar-refractivity contribution is -0.128. The van der Waals surface area contributed by atoms with Crippen LogP contribution in [0.15, 0.2) is 53.3 Å². The van der Waals surface area contributed by atoms with E-state index in [0.29, 0.717) is 10.2 Å². The molecule has 0 radical (unpaired) electrons. The summed E-state index contributed by atoms with van der Waals surface area (Å²) in [6.07, 6.45) is -0.464. The molecule has 0 aliphatic rings. The summed E-state index contributed by atoms with van der Waals surface area (Å²) in [6.45, 7) is -0.0934. The average Bonchev–Trinajstić information content (AvgIpc) is 2.72. The molecule has 5 N–H and O–H groups in total. The van der Waals surface area contributed by atoms with E-state index in [1.165, 1.54) is 0 Å². The number of pyridine rings is 1. The minimum absolute atomic E-state index is 0.0907. The number of aliphatic hydroxyl groups is 1. The summed E-state index contributed by atoms with van der Waals surface area (Å²) in [5, 5.41) is 14.8. The van der Waals surface area contributed by atoms with Crippen molar-refractivity contribution in [1.82, 2.24) is 15.6 Å². The second kappa shape index (κ2) is 11.9. The molecule has 2 rings (SSSR count). The van der Waals surface area contributed by atoms with Crippen molar-refractivity contribution >= 4 is 33.8 Å². The van der Waals surface area contributed by atoms with Gasteiger partial charge in [-0.1, -0.05) is 36.4 Å². The van der Waals surface area contributed by atoms with Gasteiger partial charge in [-0.05, 0) is 33.1 Å². The first-order valence-corrected chi connectivity index (χ1v) is 9.95. The van der Waals surface area contributed by atoms with Gasteiger partial charge in [0.25, 0.3) is 0 Å². The SMILES string of the molecule is NC(=O)[C@@H](Cc1cccnc1Br)NC(=O)C[C@H](O)CNC(=O)OCc1ccccc1. The number of carbonyl (C=O) groups is 3. The van der Waals surface area contributed by atoms with Gasteiger partial charge in [0.2, 0.25) is 11.8 Å². The summed E-state index contributed by atoms with van der Waals surface area (Å²) >= 11 is 3.27. The molecule has 0 spiro atoms. The number of hydrogen-bond donors (Lipinski definition) is 4. The fourth-order valence-electron chi connectivity index (χ4n) is 2.53. The van der Waals surface area contributed by atoms with Gasteiger partial charge in [0.15, 0.2) is 0 Å². The van der Waals surface area contributed by atoms with Crippen LogP contribution in [-0.4, -0.2) is 46.7 Å². The zero-order chi connectivity index (χ0) is 21.9. The number of nitrogens with zero attached hydrogens (tertiary/aromatic N) is 1. The van der Waals surface area contributed by atoms with Crippen LogP contribution in [0.25, 0.3) is 0 Å². The fourth-order valence-corrected chi connectivity index (χ4v) is 2.94. The monoisotopic (exact) mass is 478 g/mol. The van der Waals surface area contributed by atoms with Crippen molar-refractivity contribution in [3.63, 3.8) is 0 Å². The highest BCUT2D eigenvalue weighted by atomic mass is 79.9. The molecule has 1 aromatic heterocycles. The Morgan fingerprint density at radius 3 is 2.57 bits per heavy atom. The van der Waals surface area contributed by atoms with E-state index in [1.54, 1.807) is 18.3 Å². The van der Waals surface area contributed by atoms with Crippen molar-refractivity contribution in [2.75, 3.05) is 6.54 Å². The van der Waals surface area contributed by atoms with Gasteiger partial charge in [-0.2, -0.15) is 0 Å². The predicted molar refractivity (Wildman–Crippen MR) is 112 cm³/mol. The van der Waals surface area contributed by atoms with Gasteiger partial charge in [-0.15, -0.1) is 0 Å². The average molecular weight is 479 g/mol. The number of nitrogens with two attached hydrogens (primary N) is 1. The van der Waals surface area contributed by atoms with Crippen LogP contribution in [0.2, 0.25) is 0 Å². The van der Waals surface area contributed by atoms with Crippen LogP contribution in [0.1, 0.15) is 17.5 Å². The maximum atomic E-state index is 12.1. The molecular formula is C20H23BrN4O5. The van der Waals surface area contributed by atoms with Crippen LogP contribution >= 0.6 is 15.9 Å². The molecule has 9 nitrogen and oxygen atoms in total. The topological polar surface area (TPSA) is 144 Å². The fraction of sp³-hybridized carbons (Fsp3) is 0.300. The van der Waals surface area contributed by atoms with E-state index >= 15 is 0 Å². The van der Waals surface area contributed by atoms with Gasteiger partial charge >= 0.3 is 6.09 Å². The molecule has 2 aromatic rings. The van der Waals surface area contributed by atoms with Crippen molar-refractivity contribution in [2.24, 2.45) is 5.73 Å². The van der Waals surface area contributed by atoms with E-state index in [9.17, 15) is 19.5 Å². The number of aliphatic hydroxyl groups excluding tert-OH is 1. The van der Waals surface area contributed by atoms with Crippen LogP contribution < -0.4 is 16.4 Å². The van der Waals surface area contributed by atoms with Crippen LogP contribution in [-0.2, 0) is 27.4 Å². The number of carbonyl (C=O) groups excluding carboxylic acids is 3. The molecule has 0 fully saturated rings. The minimum atomic E-state index is -1.16. The molecule has 0 unspecified atom stereocenters. The van der Waals surface area contributed by atoms with Gasteiger partial charge in [-0.3, -0.25) is 9.59 Å². The Labute approximate surface area is 182 Å². The van der Waals surface area contributed by atoms with E-state index in [2.05, 4.69) is 31.5 Å². The maximum Gasteiger partial charge on any atom is 0.407 e. The van der Waals surface area contributed by atoms with E-state index in [4.69, 9.17) is 10.5 Å². The van der Waals surface area contributed by atoms with Gasteiger partial charge in [-0.25, -0.2) is 9.78 Å². The quantitative estimate of drug-likeness (QED) is 0.375. The van der Waals surface area contributed by atoms with Crippen molar-refractivity contribution in [1.29, 1.82) is 0 Å². The minimum Gasteiger partial charge on any atom is -0.445 e. The highest BCUT2D eigenvalue weighted by Crippen LogP contribution is 2.14. The first-order chi connectivity index (χ1) is 14.3. The molecule has 30 heavy (non-hydrogen) atoms. The van der Waals surface area contributed by atoms with Crippen LogP contribution in [0.5, 0.6) is 0 Å².